The first-order valence-electron chi connectivity index (χ1n) is 8.46. The monoisotopic (exact) mass is 401 g/mol. The number of amides is 1. The fraction of sp³-hybridized carbons (Fsp3) is 0.471. The Kier molecular flexibility index (Phi) is 6.62. The van der Waals surface area contributed by atoms with Gasteiger partial charge in [0.2, 0.25) is 0 Å². The predicted octanol–water partition coefficient (Wildman–Crippen LogP) is 0.575. The van der Waals surface area contributed by atoms with Crippen LogP contribution >= 0.6 is 0 Å². The van der Waals surface area contributed by atoms with Gasteiger partial charge in [0, 0.05) is 38.8 Å². The van der Waals surface area contributed by atoms with Crippen molar-refractivity contribution < 1.29 is 27.9 Å². The summed E-state index contributed by atoms with van der Waals surface area (Å²) in [4.78, 5) is 31.8. The number of likely N-dealkylation sites (N-methyl/N-ethyl adjacent to an activating group) is 2. The molecule has 28 heavy (non-hydrogen) atoms. The molecule has 154 valence electrons. The Morgan fingerprint density at radius 2 is 1.71 bits per heavy atom. The van der Waals surface area contributed by atoms with Gasteiger partial charge in [-0.15, -0.1) is 0 Å². The number of anilines is 1. The SMILES string of the molecule is CN1CCN(C2=NC(N)C(=O)N(C)c3ccccc32)CC1.O=C(O)C(F)(F)F. The number of piperazine rings is 1. The molecule has 2 heterocycles. The molecule has 0 aliphatic carbocycles. The minimum absolute atomic E-state index is 0.174. The molecule has 0 saturated carbocycles. The highest BCUT2D eigenvalue weighted by atomic mass is 19.4. The van der Waals surface area contributed by atoms with Crippen molar-refractivity contribution in [2.24, 2.45) is 10.7 Å². The molecular formula is C17H22F3N5O3. The average molecular weight is 401 g/mol. The third-order valence-corrected chi connectivity index (χ3v) is 4.40. The Bertz CT molecular complexity index is 761. The van der Waals surface area contributed by atoms with Crippen molar-refractivity contribution in [3.63, 3.8) is 0 Å². The molecule has 0 spiro atoms. The molecule has 2 aliphatic rings. The molecule has 1 aromatic rings. The number of carbonyl (C=O) groups is 2. The van der Waals surface area contributed by atoms with Gasteiger partial charge in [0.05, 0.1) is 5.69 Å². The topological polar surface area (TPSA) is 102 Å². The molecule has 1 saturated heterocycles. The van der Waals surface area contributed by atoms with Crippen molar-refractivity contribution in [1.82, 2.24) is 9.80 Å². The second kappa shape index (κ2) is 8.57. The molecule has 3 rings (SSSR count). The number of nitrogens with zero attached hydrogens (tertiary/aromatic N) is 4. The first-order valence-corrected chi connectivity index (χ1v) is 8.46. The molecule has 1 atom stereocenters. The summed E-state index contributed by atoms with van der Waals surface area (Å²) in [6.45, 7) is 3.77. The van der Waals surface area contributed by atoms with Crippen molar-refractivity contribution in [3.8, 4) is 0 Å². The molecular weight excluding hydrogens is 379 g/mol. The van der Waals surface area contributed by atoms with Gasteiger partial charge in [0.15, 0.2) is 6.17 Å². The second-order valence-corrected chi connectivity index (χ2v) is 6.41. The zero-order valence-corrected chi connectivity index (χ0v) is 15.5. The average Bonchev–Trinajstić information content (AvgIpc) is 2.73. The number of para-hydroxylation sites is 1. The number of benzodiazepines with no additional fused rings is 1. The molecule has 0 aromatic heterocycles. The van der Waals surface area contributed by atoms with Crippen LogP contribution in [0.5, 0.6) is 0 Å². The number of alkyl halides is 3. The summed E-state index contributed by atoms with van der Waals surface area (Å²) >= 11 is 0. The van der Waals surface area contributed by atoms with Crippen molar-refractivity contribution in [2.45, 2.75) is 12.3 Å². The molecule has 11 heteroatoms. The van der Waals surface area contributed by atoms with Crippen LogP contribution in [0.2, 0.25) is 0 Å². The Balaban J connectivity index is 0.000000345. The number of fused-ring (bicyclic) bond motifs is 1. The highest BCUT2D eigenvalue weighted by molar-refractivity contribution is 6.11. The zero-order valence-electron chi connectivity index (χ0n) is 15.5. The molecule has 1 fully saturated rings. The molecule has 3 N–H and O–H groups in total. The van der Waals surface area contributed by atoms with Crippen molar-refractivity contribution in [1.29, 1.82) is 0 Å². The van der Waals surface area contributed by atoms with Crippen LogP contribution < -0.4 is 10.6 Å². The number of aliphatic imine (C=N–C) groups is 1. The first kappa shape index (κ1) is 21.6. The fourth-order valence-corrected chi connectivity index (χ4v) is 2.80. The summed E-state index contributed by atoms with van der Waals surface area (Å²) in [6.07, 6.45) is -5.92. The van der Waals surface area contributed by atoms with E-state index in [-0.39, 0.29) is 5.91 Å². The Hall–Kier alpha value is -2.66. The minimum Gasteiger partial charge on any atom is -0.475 e. The van der Waals surface area contributed by atoms with Crippen molar-refractivity contribution >= 4 is 23.4 Å². The van der Waals surface area contributed by atoms with E-state index in [1.165, 1.54) is 0 Å². The third-order valence-electron chi connectivity index (χ3n) is 4.40. The van der Waals surface area contributed by atoms with Crippen LogP contribution in [-0.2, 0) is 9.59 Å². The Morgan fingerprint density at radius 3 is 2.25 bits per heavy atom. The maximum absolute atomic E-state index is 12.3. The van der Waals surface area contributed by atoms with E-state index in [2.05, 4.69) is 21.8 Å². The largest absolute Gasteiger partial charge is 0.490 e. The van der Waals surface area contributed by atoms with Crippen molar-refractivity contribution in [3.05, 3.63) is 29.8 Å². The number of aliphatic carboxylic acids is 1. The zero-order chi connectivity index (χ0) is 21.1. The summed E-state index contributed by atoms with van der Waals surface area (Å²) in [6, 6.07) is 7.85. The molecule has 2 aliphatic heterocycles. The van der Waals surface area contributed by atoms with E-state index in [9.17, 15) is 18.0 Å². The van der Waals surface area contributed by atoms with Gasteiger partial charge in [-0.2, -0.15) is 13.2 Å². The van der Waals surface area contributed by atoms with Gasteiger partial charge < -0.3 is 25.5 Å². The van der Waals surface area contributed by atoms with Crippen LogP contribution in [0.3, 0.4) is 0 Å². The summed E-state index contributed by atoms with van der Waals surface area (Å²) in [5.74, 6) is -2.09. The normalized spacial score (nSPS) is 20.6. The maximum atomic E-state index is 12.3. The number of amidine groups is 1. The molecule has 1 aromatic carbocycles. The first-order chi connectivity index (χ1) is 13.0. The lowest BCUT2D eigenvalue weighted by Gasteiger charge is -2.35. The standard InChI is InChI=1S/C15H21N5O.C2HF3O2/c1-18-7-9-20(10-8-18)14-11-5-3-4-6-12(11)19(2)15(21)13(16)17-14;3-2(4,5)1(6)7/h3-6,13H,7-10,16H2,1-2H3;(H,6,7). The van der Waals surface area contributed by atoms with Crippen LogP contribution in [0.25, 0.3) is 0 Å². The molecule has 8 nitrogen and oxygen atoms in total. The number of rotatable bonds is 0. The van der Waals surface area contributed by atoms with Gasteiger partial charge in [-0.05, 0) is 19.2 Å². The van der Waals surface area contributed by atoms with Gasteiger partial charge in [0.25, 0.3) is 5.91 Å². The van der Waals surface area contributed by atoms with Gasteiger partial charge in [0.1, 0.15) is 5.84 Å². The number of nitrogens with two attached hydrogens (primary N) is 1. The van der Waals surface area contributed by atoms with E-state index in [0.717, 1.165) is 43.3 Å². The third kappa shape index (κ3) is 4.98. The summed E-state index contributed by atoms with van der Waals surface area (Å²) in [5, 5.41) is 7.12. The number of halogens is 3. The van der Waals surface area contributed by atoms with E-state index in [1.807, 2.05) is 24.3 Å². The molecule has 1 amide bonds. The number of carboxylic acid groups (broad SMARTS) is 1. The smallest absolute Gasteiger partial charge is 0.475 e. The number of carbonyl (C=O) groups excluding carboxylic acids is 1. The highest BCUT2D eigenvalue weighted by Crippen LogP contribution is 2.25. The van der Waals surface area contributed by atoms with Gasteiger partial charge in [-0.25, -0.2) is 9.79 Å². The van der Waals surface area contributed by atoms with E-state index < -0.39 is 18.3 Å². The van der Waals surface area contributed by atoms with Crippen molar-refractivity contribution in [2.75, 3.05) is 45.2 Å². The van der Waals surface area contributed by atoms with Crippen LogP contribution in [0.1, 0.15) is 5.56 Å². The van der Waals surface area contributed by atoms with Crippen LogP contribution in [0.4, 0.5) is 18.9 Å². The van der Waals surface area contributed by atoms with E-state index in [0.29, 0.717) is 0 Å². The minimum atomic E-state index is -5.08. The van der Waals surface area contributed by atoms with Crippen LogP contribution in [-0.4, -0.2) is 85.2 Å². The second-order valence-electron chi connectivity index (χ2n) is 6.41. The molecule has 0 bridgehead atoms. The summed E-state index contributed by atoms with van der Waals surface area (Å²) < 4.78 is 31.7. The Morgan fingerprint density at radius 1 is 1.18 bits per heavy atom. The number of hydrogen-bond donors (Lipinski definition) is 2. The van der Waals surface area contributed by atoms with E-state index in [4.69, 9.17) is 15.6 Å². The van der Waals surface area contributed by atoms with E-state index >= 15 is 0 Å². The summed E-state index contributed by atoms with van der Waals surface area (Å²) in [7, 11) is 3.87. The Labute approximate surface area is 160 Å². The number of hydrogen-bond acceptors (Lipinski definition) is 6. The molecule has 0 radical (unpaired) electrons. The maximum Gasteiger partial charge on any atom is 0.490 e. The van der Waals surface area contributed by atoms with Gasteiger partial charge >= 0.3 is 12.1 Å². The molecule has 1 unspecified atom stereocenters. The number of benzene rings is 1. The number of carboxylic acids is 1. The lowest BCUT2D eigenvalue weighted by molar-refractivity contribution is -0.192. The van der Waals surface area contributed by atoms with Gasteiger partial charge in [-0.1, -0.05) is 12.1 Å². The lowest BCUT2D eigenvalue weighted by Crippen LogP contribution is -2.48. The van der Waals surface area contributed by atoms with Gasteiger partial charge in [-0.3, -0.25) is 4.79 Å². The lowest BCUT2D eigenvalue weighted by atomic mass is 10.1. The highest BCUT2D eigenvalue weighted by Gasteiger charge is 2.38. The van der Waals surface area contributed by atoms with Crippen LogP contribution in [0, 0.1) is 0 Å². The quantitative estimate of drug-likeness (QED) is 0.659. The predicted molar refractivity (Wildman–Crippen MR) is 97.1 cm³/mol. The summed E-state index contributed by atoms with van der Waals surface area (Å²) in [5.41, 5.74) is 7.80. The van der Waals surface area contributed by atoms with E-state index in [1.54, 1.807) is 11.9 Å². The van der Waals surface area contributed by atoms with Crippen LogP contribution in [0.15, 0.2) is 29.3 Å². The fourth-order valence-electron chi connectivity index (χ4n) is 2.80.